The van der Waals surface area contributed by atoms with E-state index in [1.165, 1.54) is 37.8 Å². The summed E-state index contributed by atoms with van der Waals surface area (Å²) in [6.45, 7) is 4.82. The number of benzene rings is 1. The van der Waals surface area contributed by atoms with E-state index in [1.54, 1.807) is 12.1 Å². The van der Waals surface area contributed by atoms with Gasteiger partial charge in [-0.2, -0.15) is 13.2 Å². The average molecular weight is 495 g/mol. The van der Waals surface area contributed by atoms with Crippen molar-refractivity contribution >= 4 is 5.97 Å². The minimum atomic E-state index is -4.57. The normalized spacial score (nSPS) is 18.5. The third kappa shape index (κ3) is 9.83. The molecule has 1 aliphatic rings. The number of alkyl halides is 3. The van der Waals surface area contributed by atoms with Crippen molar-refractivity contribution in [1.29, 1.82) is 0 Å². The van der Waals surface area contributed by atoms with Crippen molar-refractivity contribution in [1.82, 2.24) is 0 Å². The Hall–Kier alpha value is -2.08. The fourth-order valence-electron chi connectivity index (χ4n) is 4.27. The molecule has 0 amide bonds. The van der Waals surface area contributed by atoms with Crippen LogP contribution in [0.1, 0.15) is 107 Å². The molecule has 1 aromatic rings. The fourth-order valence-corrected chi connectivity index (χ4v) is 4.27. The van der Waals surface area contributed by atoms with E-state index in [9.17, 15) is 18.0 Å². The van der Waals surface area contributed by atoms with Crippen molar-refractivity contribution < 1.29 is 27.4 Å². The molecule has 0 N–H and O–H groups in total. The number of unbranched alkanes of at least 4 members (excludes halogenated alkanes) is 8. The monoisotopic (exact) mass is 494 g/mol. The molecule has 35 heavy (non-hydrogen) atoms. The van der Waals surface area contributed by atoms with E-state index >= 15 is 0 Å². The summed E-state index contributed by atoms with van der Waals surface area (Å²) in [7, 11) is 0. The molecule has 6 heteroatoms. The molecule has 1 aromatic carbocycles. The van der Waals surface area contributed by atoms with E-state index in [0.29, 0.717) is 25.9 Å². The minimum absolute atomic E-state index is 0.109. The first-order valence-electron chi connectivity index (χ1n) is 13.2. The maximum absolute atomic E-state index is 13.4. The van der Waals surface area contributed by atoms with Gasteiger partial charge in [-0.25, -0.2) is 4.79 Å². The van der Waals surface area contributed by atoms with E-state index in [1.807, 2.05) is 31.2 Å². The van der Waals surface area contributed by atoms with Gasteiger partial charge in [-0.15, -0.1) is 0 Å². The molecule has 1 aliphatic carbocycles. The Labute approximate surface area is 208 Å². The van der Waals surface area contributed by atoms with E-state index in [-0.39, 0.29) is 12.0 Å². The second kappa shape index (κ2) is 15.1. The fraction of sp³-hybridized carbons (Fsp3) is 0.621. The van der Waals surface area contributed by atoms with Crippen LogP contribution in [-0.2, 0) is 15.1 Å². The van der Waals surface area contributed by atoms with Crippen LogP contribution in [0, 0.1) is 0 Å². The smallest absolute Gasteiger partial charge is 0.425 e. The molecule has 0 aliphatic heterocycles. The summed E-state index contributed by atoms with van der Waals surface area (Å²) in [4.78, 5) is 12.5. The zero-order valence-electron chi connectivity index (χ0n) is 21.2. The molecule has 0 fully saturated rings. The molecule has 2 atom stereocenters. The molecule has 2 rings (SSSR count). The quantitative estimate of drug-likeness (QED) is 0.170. The maximum Gasteiger partial charge on any atom is 0.425 e. The lowest BCUT2D eigenvalue weighted by Crippen LogP contribution is -2.34. The number of hydrogen-bond donors (Lipinski definition) is 0. The van der Waals surface area contributed by atoms with E-state index < -0.39 is 23.9 Å². The van der Waals surface area contributed by atoms with Crippen molar-refractivity contribution in [3.8, 4) is 0 Å². The Morgan fingerprint density at radius 3 is 2.14 bits per heavy atom. The van der Waals surface area contributed by atoms with Crippen molar-refractivity contribution in [2.24, 2.45) is 0 Å². The van der Waals surface area contributed by atoms with Crippen LogP contribution in [0.5, 0.6) is 0 Å². The van der Waals surface area contributed by atoms with E-state index in [4.69, 9.17) is 9.47 Å². The highest BCUT2D eigenvalue weighted by atomic mass is 19.4. The molecule has 0 aromatic heterocycles. The summed E-state index contributed by atoms with van der Waals surface area (Å²) in [5.74, 6) is -0.949. The minimum Gasteiger partial charge on any atom is -0.449 e. The van der Waals surface area contributed by atoms with Gasteiger partial charge >= 0.3 is 12.1 Å². The average Bonchev–Trinajstić information content (AvgIpc) is 2.85. The van der Waals surface area contributed by atoms with Crippen LogP contribution in [0.3, 0.4) is 0 Å². The van der Waals surface area contributed by atoms with Crippen LogP contribution >= 0.6 is 0 Å². The van der Waals surface area contributed by atoms with Gasteiger partial charge in [-0.05, 0) is 43.0 Å². The second-order valence-corrected chi connectivity index (χ2v) is 9.36. The number of rotatable bonds is 16. The zero-order valence-corrected chi connectivity index (χ0v) is 21.2. The topological polar surface area (TPSA) is 35.5 Å². The number of ether oxygens (including phenoxy) is 2. The largest absolute Gasteiger partial charge is 0.449 e. The first-order valence-corrected chi connectivity index (χ1v) is 13.2. The molecule has 0 radical (unpaired) electrons. The standard InChI is InChI=1S/C29H41F3O3/c1-3-5-7-9-10-15-23-34-28(21-13-11-14-22-28)25-19-17-24(18-20-25)27(33)35-26(29(30,31)32)16-12-8-6-4-2/h11,13-14,17-21,26H,3-10,12,15-16,22-23H2,1-2H3/t26-,28?/m0/s1. The number of halogens is 3. The van der Waals surface area contributed by atoms with E-state index in [2.05, 4.69) is 6.92 Å². The van der Waals surface area contributed by atoms with Gasteiger partial charge in [0.25, 0.3) is 0 Å². The third-order valence-corrected chi connectivity index (χ3v) is 6.43. The predicted octanol–water partition coefficient (Wildman–Crippen LogP) is 8.83. The molecular weight excluding hydrogens is 453 g/mol. The number of carbonyl (C=O) groups excluding carboxylic acids is 1. The number of allylic oxidation sites excluding steroid dienone is 2. The summed E-state index contributed by atoms with van der Waals surface area (Å²) >= 11 is 0. The second-order valence-electron chi connectivity index (χ2n) is 9.36. The lowest BCUT2D eigenvalue weighted by atomic mass is 9.86. The van der Waals surface area contributed by atoms with Gasteiger partial charge in [-0.3, -0.25) is 0 Å². The van der Waals surface area contributed by atoms with Gasteiger partial charge in [0.2, 0.25) is 0 Å². The maximum atomic E-state index is 13.4. The molecular formula is C29H41F3O3. The molecule has 196 valence electrons. The molecule has 0 spiro atoms. The first-order chi connectivity index (χ1) is 16.8. The van der Waals surface area contributed by atoms with Crippen LogP contribution < -0.4 is 0 Å². The van der Waals surface area contributed by atoms with Crippen LogP contribution in [0.15, 0.2) is 48.6 Å². The zero-order chi connectivity index (χ0) is 25.6. The van der Waals surface area contributed by atoms with Crippen molar-refractivity contribution in [2.75, 3.05) is 6.61 Å². The van der Waals surface area contributed by atoms with Crippen LogP contribution in [-0.4, -0.2) is 24.9 Å². The summed E-state index contributed by atoms with van der Waals surface area (Å²) in [5.41, 5.74) is 0.347. The highest BCUT2D eigenvalue weighted by Gasteiger charge is 2.42. The van der Waals surface area contributed by atoms with Crippen LogP contribution in [0.25, 0.3) is 0 Å². The Morgan fingerprint density at radius 2 is 1.54 bits per heavy atom. The molecule has 0 heterocycles. The molecule has 0 saturated carbocycles. The van der Waals surface area contributed by atoms with E-state index in [0.717, 1.165) is 31.2 Å². The van der Waals surface area contributed by atoms with Crippen molar-refractivity contribution in [2.45, 2.75) is 109 Å². The van der Waals surface area contributed by atoms with Crippen LogP contribution in [0.2, 0.25) is 0 Å². The Morgan fingerprint density at radius 1 is 0.914 bits per heavy atom. The summed E-state index contributed by atoms with van der Waals surface area (Å²) < 4.78 is 51.4. The summed E-state index contributed by atoms with van der Waals surface area (Å²) in [6.07, 6.45) is 11.7. The van der Waals surface area contributed by atoms with Gasteiger partial charge in [0, 0.05) is 13.0 Å². The summed E-state index contributed by atoms with van der Waals surface area (Å²) in [6, 6.07) is 6.57. The lowest BCUT2D eigenvalue weighted by molar-refractivity contribution is -0.206. The van der Waals surface area contributed by atoms with Gasteiger partial charge in [0.05, 0.1) is 5.56 Å². The number of carbonyl (C=O) groups is 1. The molecule has 0 saturated heterocycles. The SMILES string of the molecule is CCCCCCCCOC1(c2ccc(C(=O)O[C@@H](CCCCCC)C(F)(F)F)cc2)C=CC=CC1. The van der Waals surface area contributed by atoms with Gasteiger partial charge in [-0.1, -0.05) is 95.6 Å². The summed E-state index contributed by atoms with van der Waals surface area (Å²) in [5, 5.41) is 0. The Kier molecular flexibility index (Phi) is 12.6. The molecule has 1 unspecified atom stereocenters. The number of hydrogen-bond acceptors (Lipinski definition) is 3. The van der Waals surface area contributed by atoms with Crippen molar-refractivity contribution in [3.63, 3.8) is 0 Å². The first kappa shape index (κ1) is 29.2. The van der Waals surface area contributed by atoms with Crippen LogP contribution in [0.4, 0.5) is 13.2 Å². The third-order valence-electron chi connectivity index (χ3n) is 6.43. The van der Waals surface area contributed by atoms with Crippen molar-refractivity contribution in [3.05, 3.63) is 59.7 Å². The Balaban J connectivity index is 2.00. The molecule has 3 nitrogen and oxygen atoms in total. The van der Waals surface area contributed by atoms with Gasteiger partial charge < -0.3 is 9.47 Å². The highest BCUT2D eigenvalue weighted by Crippen LogP contribution is 2.35. The Bertz CT molecular complexity index is 798. The van der Waals surface area contributed by atoms with Gasteiger partial charge in [0.15, 0.2) is 6.10 Å². The lowest BCUT2D eigenvalue weighted by Gasteiger charge is -2.32. The van der Waals surface area contributed by atoms with Gasteiger partial charge in [0.1, 0.15) is 5.60 Å². The molecule has 0 bridgehead atoms. The number of esters is 1. The predicted molar refractivity (Wildman–Crippen MR) is 134 cm³/mol. The highest BCUT2D eigenvalue weighted by molar-refractivity contribution is 5.89.